The number of ether oxygens (including phenoxy) is 3. The van der Waals surface area contributed by atoms with E-state index in [1.54, 1.807) is 14.2 Å². The van der Waals surface area contributed by atoms with Crippen LogP contribution in [0.2, 0.25) is 0 Å². The number of pyridine rings is 2. The van der Waals surface area contributed by atoms with E-state index in [0.29, 0.717) is 0 Å². The quantitative estimate of drug-likeness (QED) is 0.208. The third-order valence-electron chi connectivity index (χ3n) is 6.94. The van der Waals surface area contributed by atoms with Crippen molar-refractivity contribution < 1.29 is 14.2 Å². The summed E-state index contributed by atoms with van der Waals surface area (Å²) in [6, 6.07) is 32.6. The molecular formula is C34H28N2O3. The van der Waals surface area contributed by atoms with Gasteiger partial charge < -0.3 is 14.2 Å². The second-order valence-electron chi connectivity index (χ2n) is 9.43. The molecule has 0 radical (unpaired) electrons. The number of aromatic nitrogens is 2. The summed E-state index contributed by atoms with van der Waals surface area (Å²) in [5, 5.41) is 4.52. The van der Waals surface area contributed by atoms with Crippen LogP contribution in [0.25, 0.3) is 21.5 Å². The van der Waals surface area contributed by atoms with Gasteiger partial charge in [-0.2, -0.15) is 0 Å². The van der Waals surface area contributed by atoms with E-state index in [-0.39, 0.29) is 0 Å². The van der Waals surface area contributed by atoms with Gasteiger partial charge in [-0.15, -0.1) is 0 Å². The summed E-state index contributed by atoms with van der Waals surface area (Å²) in [6.07, 6.45) is 5.18. The lowest BCUT2D eigenvalue weighted by molar-refractivity contribution is 0.415. The first-order valence-electron chi connectivity index (χ1n) is 12.9. The zero-order valence-corrected chi connectivity index (χ0v) is 21.9. The third-order valence-corrected chi connectivity index (χ3v) is 6.94. The van der Waals surface area contributed by atoms with Crippen molar-refractivity contribution in [2.45, 2.75) is 12.8 Å². The first-order chi connectivity index (χ1) is 19.2. The van der Waals surface area contributed by atoms with E-state index in [4.69, 9.17) is 14.2 Å². The lowest BCUT2D eigenvalue weighted by Gasteiger charge is -2.10. The van der Waals surface area contributed by atoms with E-state index in [1.807, 2.05) is 73.1 Å². The van der Waals surface area contributed by atoms with Gasteiger partial charge in [0.1, 0.15) is 23.0 Å². The SMILES string of the molecule is COc1ccc2ccnc(Cc3ccc(Oc4ccc(Cc5nccc6ccc(OC)cc56)cc4)cc3)c2c1. The van der Waals surface area contributed by atoms with Gasteiger partial charge in [0, 0.05) is 36.0 Å². The average Bonchev–Trinajstić information content (AvgIpc) is 2.99. The van der Waals surface area contributed by atoms with Gasteiger partial charge in [0.15, 0.2) is 0 Å². The summed E-state index contributed by atoms with van der Waals surface area (Å²) in [7, 11) is 3.37. The number of fused-ring (bicyclic) bond motifs is 2. The maximum Gasteiger partial charge on any atom is 0.127 e. The molecule has 0 aliphatic heterocycles. The molecule has 4 aromatic carbocycles. The summed E-state index contributed by atoms with van der Waals surface area (Å²) >= 11 is 0. The molecule has 39 heavy (non-hydrogen) atoms. The van der Waals surface area contributed by atoms with Gasteiger partial charge in [0.05, 0.1) is 25.6 Å². The Morgan fingerprint density at radius 2 is 0.897 bits per heavy atom. The van der Waals surface area contributed by atoms with Crippen LogP contribution in [0.4, 0.5) is 0 Å². The van der Waals surface area contributed by atoms with Crippen LogP contribution in [0.1, 0.15) is 22.5 Å². The number of rotatable bonds is 8. The van der Waals surface area contributed by atoms with Gasteiger partial charge in [-0.25, -0.2) is 0 Å². The Labute approximate surface area is 227 Å². The molecule has 0 N–H and O–H groups in total. The van der Waals surface area contributed by atoms with Gasteiger partial charge >= 0.3 is 0 Å². The molecule has 0 saturated heterocycles. The summed E-state index contributed by atoms with van der Waals surface area (Å²) in [6.45, 7) is 0. The Bertz CT molecular complexity index is 1620. The molecule has 5 nitrogen and oxygen atoms in total. The summed E-state index contributed by atoms with van der Waals surface area (Å²) in [5.74, 6) is 3.25. The van der Waals surface area contributed by atoms with Gasteiger partial charge in [-0.1, -0.05) is 36.4 Å². The number of methoxy groups -OCH3 is 2. The first-order valence-corrected chi connectivity index (χ1v) is 12.9. The van der Waals surface area contributed by atoms with Gasteiger partial charge in [-0.3, -0.25) is 9.97 Å². The standard InChI is InChI=1S/C34H28N2O3/c1-37-29-13-7-25-15-17-35-33(31(25)21-29)19-23-3-9-27(10-4-23)39-28-11-5-24(6-12-28)20-34-32-22-30(38-2)14-8-26(32)16-18-36-34/h3-18,21-22H,19-20H2,1-2H3. The van der Waals surface area contributed by atoms with Crippen molar-refractivity contribution >= 4 is 21.5 Å². The Morgan fingerprint density at radius 3 is 1.31 bits per heavy atom. The molecule has 0 fully saturated rings. The fourth-order valence-electron chi connectivity index (χ4n) is 4.82. The lowest BCUT2D eigenvalue weighted by atomic mass is 10.0. The molecule has 0 bridgehead atoms. The molecule has 5 heteroatoms. The summed E-state index contributed by atoms with van der Waals surface area (Å²) < 4.78 is 16.9. The number of benzene rings is 4. The van der Waals surface area contributed by atoms with Gasteiger partial charge in [-0.05, 0) is 82.6 Å². The minimum atomic E-state index is 0.730. The predicted molar refractivity (Wildman–Crippen MR) is 155 cm³/mol. The van der Waals surface area contributed by atoms with Crippen LogP contribution in [-0.2, 0) is 12.8 Å². The molecular weight excluding hydrogens is 484 g/mol. The molecule has 6 aromatic rings. The molecule has 0 unspecified atom stereocenters. The molecule has 0 amide bonds. The van der Waals surface area contributed by atoms with E-state index in [2.05, 4.69) is 46.4 Å². The van der Waals surface area contributed by atoms with Crippen molar-refractivity contribution in [1.29, 1.82) is 0 Å². The number of nitrogens with zero attached hydrogens (tertiary/aromatic N) is 2. The van der Waals surface area contributed by atoms with Gasteiger partial charge in [0.25, 0.3) is 0 Å². The molecule has 0 atom stereocenters. The molecule has 192 valence electrons. The van der Waals surface area contributed by atoms with E-state index in [0.717, 1.165) is 68.8 Å². The van der Waals surface area contributed by atoms with Crippen LogP contribution < -0.4 is 14.2 Å². The Kier molecular flexibility index (Phi) is 6.79. The molecule has 6 rings (SSSR count). The number of hydrogen-bond donors (Lipinski definition) is 0. The van der Waals surface area contributed by atoms with E-state index in [9.17, 15) is 0 Å². The molecule has 0 saturated carbocycles. The van der Waals surface area contributed by atoms with Crippen molar-refractivity contribution in [3.8, 4) is 23.0 Å². The zero-order chi connectivity index (χ0) is 26.6. The van der Waals surface area contributed by atoms with Crippen LogP contribution in [0.5, 0.6) is 23.0 Å². The maximum absolute atomic E-state index is 6.13. The third kappa shape index (κ3) is 5.39. The van der Waals surface area contributed by atoms with E-state index in [1.165, 1.54) is 11.1 Å². The van der Waals surface area contributed by atoms with E-state index >= 15 is 0 Å². The summed E-state index contributed by atoms with van der Waals surface area (Å²) in [5.41, 5.74) is 4.38. The highest BCUT2D eigenvalue weighted by molar-refractivity contribution is 5.86. The summed E-state index contributed by atoms with van der Waals surface area (Å²) in [4.78, 5) is 9.27. The van der Waals surface area contributed by atoms with Crippen molar-refractivity contribution in [2.24, 2.45) is 0 Å². The van der Waals surface area contributed by atoms with Crippen molar-refractivity contribution in [1.82, 2.24) is 9.97 Å². The smallest absolute Gasteiger partial charge is 0.127 e. The second kappa shape index (κ2) is 10.8. The monoisotopic (exact) mass is 512 g/mol. The predicted octanol–water partition coefficient (Wildman–Crippen LogP) is 7.77. The highest BCUT2D eigenvalue weighted by Crippen LogP contribution is 2.28. The minimum absolute atomic E-state index is 0.730. The molecule has 0 aliphatic rings. The van der Waals surface area contributed by atoms with Crippen LogP contribution in [-0.4, -0.2) is 24.2 Å². The van der Waals surface area contributed by atoms with Gasteiger partial charge in [0.2, 0.25) is 0 Å². The van der Waals surface area contributed by atoms with Crippen LogP contribution in [0, 0.1) is 0 Å². The molecule has 0 spiro atoms. The topological polar surface area (TPSA) is 53.5 Å². The highest BCUT2D eigenvalue weighted by Gasteiger charge is 2.08. The molecule has 0 aliphatic carbocycles. The number of hydrogen-bond acceptors (Lipinski definition) is 5. The Morgan fingerprint density at radius 1 is 0.487 bits per heavy atom. The Balaban J connectivity index is 1.14. The van der Waals surface area contributed by atoms with Crippen molar-refractivity contribution in [2.75, 3.05) is 14.2 Å². The lowest BCUT2D eigenvalue weighted by Crippen LogP contribution is -1.95. The normalized spacial score (nSPS) is 11.0. The van der Waals surface area contributed by atoms with Crippen LogP contribution in [0.15, 0.2) is 109 Å². The van der Waals surface area contributed by atoms with E-state index < -0.39 is 0 Å². The fourth-order valence-corrected chi connectivity index (χ4v) is 4.82. The highest BCUT2D eigenvalue weighted by atomic mass is 16.5. The second-order valence-corrected chi connectivity index (χ2v) is 9.43. The Hall–Kier alpha value is -4.90. The van der Waals surface area contributed by atoms with Crippen molar-refractivity contribution in [3.05, 3.63) is 132 Å². The molecule has 2 heterocycles. The largest absolute Gasteiger partial charge is 0.497 e. The average molecular weight is 513 g/mol. The van der Waals surface area contributed by atoms with Crippen LogP contribution in [0.3, 0.4) is 0 Å². The zero-order valence-electron chi connectivity index (χ0n) is 21.9. The molecule has 2 aromatic heterocycles. The minimum Gasteiger partial charge on any atom is -0.497 e. The van der Waals surface area contributed by atoms with Crippen LogP contribution >= 0.6 is 0 Å². The maximum atomic E-state index is 6.13. The van der Waals surface area contributed by atoms with Crippen molar-refractivity contribution in [3.63, 3.8) is 0 Å². The first kappa shape index (κ1) is 24.4. The fraction of sp³-hybridized carbons (Fsp3) is 0.118.